The zero-order valence-corrected chi connectivity index (χ0v) is 17.5. The molecule has 1 N–H and O–H groups in total. The molecule has 0 fully saturated rings. The van der Waals surface area contributed by atoms with Crippen LogP contribution in [0.4, 0.5) is 5.88 Å². The van der Waals surface area contributed by atoms with Gasteiger partial charge in [-0.2, -0.15) is 0 Å². The van der Waals surface area contributed by atoms with Gasteiger partial charge < -0.3 is 9.73 Å². The topological polar surface area (TPSA) is 25.2 Å². The number of hydrogen-bond donors (Lipinski definition) is 1. The van der Waals surface area contributed by atoms with Crippen LogP contribution in [0.2, 0.25) is 0 Å². The zero-order valence-electron chi connectivity index (χ0n) is 17.5. The molecule has 0 radical (unpaired) electrons. The van der Waals surface area contributed by atoms with E-state index in [1.807, 2.05) is 0 Å². The lowest BCUT2D eigenvalue weighted by Crippen LogP contribution is -2.35. The lowest BCUT2D eigenvalue weighted by Gasteiger charge is -2.33. The van der Waals surface area contributed by atoms with Crippen molar-refractivity contribution in [2.45, 2.75) is 66.3 Å². The van der Waals surface area contributed by atoms with Crippen LogP contribution in [-0.4, -0.2) is 5.54 Å². The molecule has 0 spiro atoms. The van der Waals surface area contributed by atoms with Crippen LogP contribution in [0.3, 0.4) is 0 Å². The highest BCUT2D eigenvalue weighted by Gasteiger charge is 2.33. The molecule has 0 amide bonds. The first-order chi connectivity index (χ1) is 12.7. The Morgan fingerprint density at radius 3 is 2.22 bits per heavy atom. The zero-order chi connectivity index (χ0) is 19.4. The fourth-order valence-electron chi connectivity index (χ4n) is 4.95. The predicted molar refractivity (Wildman–Crippen MR) is 116 cm³/mol. The van der Waals surface area contributed by atoms with Gasteiger partial charge in [-0.1, -0.05) is 70.5 Å². The van der Waals surface area contributed by atoms with Crippen LogP contribution >= 0.6 is 0 Å². The van der Waals surface area contributed by atoms with E-state index >= 15 is 0 Å². The largest absolute Gasteiger partial charge is 0.440 e. The van der Waals surface area contributed by atoms with E-state index in [4.69, 9.17) is 4.42 Å². The highest BCUT2D eigenvalue weighted by molar-refractivity contribution is 6.15. The normalized spacial score (nSPS) is 13.3. The summed E-state index contributed by atoms with van der Waals surface area (Å²) in [5.74, 6) is 2.00. The Labute approximate surface area is 163 Å². The van der Waals surface area contributed by atoms with Gasteiger partial charge in [0.15, 0.2) is 5.88 Å². The summed E-state index contributed by atoms with van der Waals surface area (Å²) >= 11 is 0. The molecule has 2 aromatic carbocycles. The summed E-state index contributed by atoms with van der Waals surface area (Å²) < 4.78 is 6.52. The van der Waals surface area contributed by atoms with Crippen molar-refractivity contribution in [1.29, 1.82) is 0 Å². The molecule has 1 aliphatic rings. The van der Waals surface area contributed by atoms with Gasteiger partial charge >= 0.3 is 0 Å². The quantitative estimate of drug-likeness (QED) is 0.395. The van der Waals surface area contributed by atoms with Gasteiger partial charge in [-0.15, -0.1) is 0 Å². The van der Waals surface area contributed by atoms with Crippen LogP contribution in [0, 0.1) is 5.41 Å². The molecule has 1 aliphatic carbocycles. The first-order valence-electron chi connectivity index (χ1n) is 10.2. The van der Waals surface area contributed by atoms with E-state index < -0.39 is 0 Å². The molecule has 0 unspecified atom stereocenters. The SMILES string of the molecule is CCCc1c(NC(C)(C)CC(C)(C)C)oc2c1-c1cccc3cccc-2c13. The van der Waals surface area contributed by atoms with Gasteiger partial charge in [0.05, 0.1) is 0 Å². The van der Waals surface area contributed by atoms with Gasteiger partial charge in [-0.3, -0.25) is 0 Å². The predicted octanol–water partition coefficient (Wildman–Crippen LogP) is 7.66. The summed E-state index contributed by atoms with van der Waals surface area (Å²) in [6.07, 6.45) is 3.20. The molecule has 27 heavy (non-hydrogen) atoms. The molecule has 2 nitrogen and oxygen atoms in total. The molecule has 2 heteroatoms. The summed E-state index contributed by atoms with van der Waals surface area (Å²) in [6, 6.07) is 13.1. The number of rotatable bonds is 5. The molecule has 4 rings (SSSR count). The number of anilines is 1. The van der Waals surface area contributed by atoms with Gasteiger partial charge in [-0.05, 0) is 43.1 Å². The molecule has 0 atom stereocenters. The molecule has 3 aromatic rings. The third-order valence-electron chi connectivity index (χ3n) is 5.35. The van der Waals surface area contributed by atoms with E-state index in [0.29, 0.717) is 0 Å². The average Bonchev–Trinajstić information content (AvgIpc) is 3.04. The van der Waals surface area contributed by atoms with Crippen molar-refractivity contribution in [2.24, 2.45) is 5.41 Å². The van der Waals surface area contributed by atoms with E-state index in [1.54, 1.807) is 0 Å². The lowest BCUT2D eigenvalue weighted by molar-refractivity contribution is 0.299. The van der Waals surface area contributed by atoms with Crippen LogP contribution < -0.4 is 5.32 Å². The number of hydrogen-bond acceptors (Lipinski definition) is 2. The van der Waals surface area contributed by atoms with Crippen LogP contribution in [0.5, 0.6) is 0 Å². The second-order valence-electron chi connectivity index (χ2n) is 9.82. The third kappa shape index (κ3) is 3.16. The Kier molecular flexibility index (Phi) is 4.14. The van der Waals surface area contributed by atoms with Crippen LogP contribution in [0.15, 0.2) is 40.8 Å². The highest BCUT2D eigenvalue weighted by atomic mass is 16.4. The summed E-state index contributed by atoms with van der Waals surface area (Å²) in [5.41, 5.74) is 5.42. The van der Waals surface area contributed by atoms with Crippen molar-refractivity contribution >= 4 is 16.7 Å². The van der Waals surface area contributed by atoms with Crippen molar-refractivity contribution < 1.29 is 4.42 Å². The fraction of sp³-hybridized carbons (Fsp3) is 0.440. The number of nitrogens with one attached hydrogen (secondary N) is 1. The van der Waals surface area contributed by atoms with Gasteiger partial charge in [0.2, 0.25) is 0 Å². The summed E-state index contributed by atoms with van der Waals surface area (Å²) in [5, 5.41) is 6.39. The minimum Gasteiger partial charge on any atom is -0.440 e. The molecule has 1 heterocycles. The smallest absolute Gasteiger partial charge is 0.197 e. The second kappa shape index (κ2) is 6.15. The number of benzene rings is 2. The van der Waals surface area contributed by atoms with E-state index in [1.165, 1.54) is 33.0 Å². The third-order valence-corrected chi connectivity index (χ3v) is 5.35. The molecule has 0 aliphatic heterocycles. The van der Waals surface area contributed by atoms with Crippen LogP contribution in [0.25, 0.3) is 33.2 Å². The summed E-state index contributed by atoms with van der Waals surface area (Å²) in [6.45, 7) is 13.7. The standard InChI is InChI=1S/C25H31NO/c1-7-10-19-21-17-13-8-11-16-12-9-14-18(20(16)17)22(21)27-23(19)26-25(5,6)15-24(2,3)4/h8-9,11-14,26H,7,10,15H2,1-6H3. The Hall–Kier alpha value is -2.22. The molecule has 0 saturated heterocycles. The summed E-state index contributed by atoms with van der Waals surface area (Å²) in [7, 11) is 0. The van der Waals surface area contributed by atoms with Crippen LogP contribution in [-0.2, 0) is 6.42 Å². The Balaban J connectivity index is 1.83. The molecule has 0 saturated carbocycles. The van der Waals surface area contributed by atoms with E-state index in [2.05, 4.69) is 83.3 Å². The maximum absolute atomic E-state index is 6.52. The fourth-order valence-corrected chi connectivity index (χ4v) is 4.95. The minimum atomic E-state index is -0.0299. The molecule has 0 bridgehead atoms. The van der Waals surface area contributed by atoms with E-state index in [0.717, 1.165) is 30.9 Å². The Morgan fingerprint density at radius 2 is 1.59 bits per heavy atom. The second-order valence-corrected chi connectivity index (χ2v) is 9.82. The minimum absolute atomic E-state index is 0.0299. The maximum Gasteiger partial charge on any atom is 0.197 e. The highest BCUT2D eigenvalue weighted by Crippen LogP contribution is 2.52. The lowest BCUT2D eigenvalue weighted by atomic mass is 9.81. The molecule has 142 valence electrons. The number of fused-ring (bicyclic) bond motifs is 3. The average molecular weight is 362 g/mol. The van der Waals surface area contributed by atoms with Crippen molar-refractivity contribution in [2.75, 3.05) is 5.32 Å². The van der Waals surface area contributed by atoms with Crippen molar-refractivity contribution in [3.8, 4) is 22.5 Å². The van der Waals surface area contributed by atoms with Gasteiger partial charge in [0, 0.05) is 27.6 Å². The van der Waals surface area contributed by atoms with Crippen molar-refractivity contribution in [3.05, 3.63) is 42.0 Å². The first kappa shape index (κ1) is 18.2. The van der Waals surface area contributed by atoms with Crippen molar-refractivity contribution in [3.63, 3.8) is 0 Å². The maximum atomic E-state index is 6.52. The van der Waals surface area contributed by atoms with Gasteiger partial charge in [0.25, 0.3) is 0 Å². The Morgan fingerprint density at radius 1 is 0.926 bits per heavy atom. The first-order valence-corrected chi connectivity index (χ1v) is 10.2. The number of furan rings is 1. The van der Waals surface area contributed by atoms with Crippen LogP contribution in [0.1, 0.15) is 59.9 Å². The molecular formula is C25H31NO. The van der Waals surface area contributed by atoms with E-state index in [-0.39, 0.29) is 11.0 Å². The molecule has 1 aromatic heterocycles. The Bertz CT molecular complexity index is 996. The van der Waals surface area contributed by atoms with Crippen molar-refractivity contribution in [1.82, 2.24) is 0 Å². The monoisotopic (exact) mass is 361 g/mol. The molecular weight excluding hydrogens is 330 g/mol. The summed E-state index contributed by atoms with van der Waals surface area (Å²) in [4.78, 5) is 0. The van der Waals surface area contributed by atoms with Gasteiger partial charge in [-0.25, -0.2) is 0 Å². The van der Waals surface area contributed by atoms with E-state index in [9.17, 15) is 0 Å². The van der Waals surface area contributed by atoms with Gasteiger partial charge in [0.1, 0.15) is 5.76 Å².